The summed E-state index contributed by atoms with van der Waals surface area (Å²) in [5.41, 5.74) is 1.10. The SMILES string of the molecule is C[C@H]1CC=C2[C@@H](CCCC2(C)C)[C@]1(C)C(=O)N1CCOC1=O. The van der Waals surface area contributed by atoms with Crippen LogP contribution in [0.3, 0.4) is 0 Å². The molecule has 2 amide bonds. The van der Waals surface area contributed by atoms with E-state index < -0.39 is 11.5 Å². The molecular formula is C18H27NO3. The molecule has 0 aromatic heterocycles. The van der Waals surface area contributed by atoms with Crippen LogP contribution in [0.4, 0.5) is 4.79 Å². The summed E-state index contributed by atoms with van der Waals surface area (Å²) in [5, 5.41) is 0. The number of amides is 2. The molecule has 4 heteroatoms. The normalized spacial score (nSPS) is 37.4. The lowest BCUT2D eigenvalue weighted by atomic mass is 9.52. The molecule has 22 heavy (non-hydrogen) atoms. The third-order valence-electron chi connectivity index (χ3n) is 6.36. The second kappa shape index (κ2) is 5.10. The number of carbonyl (C=O) groups excluding carboxylic acids is 2. The van der Waals surface area contributed by atoms with E-state index in [0.717, 1.165) is 19.3 Å². The van der Waals surface area contributed by atoms with Gasteiger partial charge in [-0.2, -0.15) is 0 Å². The van der Waals surface area contributed by atoms with Crippen molar-refractivity contribution in [3.05, 3.63) is 11.6 Å². The summed E-state index contributed by atoms with van der Waals surface area (Å²) in [4.78, 5) is 26.4. The number of allylic oxidation sites excluding steroid dienone is 2. The van der Waals surface area contributed by atoms with Crippen LogP contribution >= 0.6 is 0 Å². The molecule has 3 atom stereocenters. The smallest absolute Gasteiger partial charge is 0.416 e. The van der Waals surface area contributed by atoms with Crippen LogP contribution in [0, 0.1) is 22.7 Å². The third kappa shape index (κ3) is 2.10. The molecule has 1 saturated heterocycles. The number of rotatable bonds is 1. The van der Waals surface area contributed by atoms with Crippen LogP contribution < -0.4 is 0 Å². The number of fused-ring (bicyclic) bond motifs is 1. The van der Waals surface area contributed by atoms with E-state index in [1.807, 2.05) is 0 Å². The molecular weight excluding hydrogens is 278 g/mol. The molecule has 0 spiro atoms. The largest absolute Gasteiger partial charge is 0.447 e. The van der Waals surface area contributed by atoms with Crippen molar-refractivity contribution in [1.82, 2.24) is 4.90 Å². The molecule has 3 aliphatic rings. The molecule has 0 unspecified atom stereocenters. The summed E-state index contributed by atoms with van der Waals surface area (Å²) < 4.78 is 4.99. The first-order valence-electron chi connectivity index (χ1n) is 8.47. The van der Waals surface area contributed by atoms with Gasteiger partial charge in [0, 0.05) is 0 Å². The summed E-state index contributed by atoms with van der Waals surface area (Å²) in [6.45, 7) is 9.52. The molecule has 0 aromatic carbocycles. The highest BCUT2D eigenvalue weighted by molar-refractivity contribution is 5.96. The minimum absolute atomic E-state index is 0.0317. The molecule has 0 aromatic rings. The maximum absolute atomic E-state index is 13.2. The molecule has 122 valence electrons. The highest BCUT2D eigenvalue weighted by atomic mass is 16.6. The van der Waals surface area contributed by atoms with E-state index in [-0.39, 0.29) is 23.2 Å². The van der Waals surface area contributed by atoms with Gasteiger partial charge in [-0.05, 0) is 43.4 Å². The van der Waals surface area contributed by atoms with E-state index in [0.29, 0.717) is 13.2 Å². The number of hydrogen-bond acceptors (Lipinski definition) is 3. The monoisotopic (exact) mass is 305 g/mol. The van der Waals surface area contributed by atoms with Gasteiger partial charge in [0.25, 0.3) is 0 Å². The van der Waals surface area contributed by atoms with E-state index in [9.17, 15) is 9.59 Å². The van der Waals surface area contributed by atoms with E-state index in [2.05, 4.69) is 33.8 Å². The Morgan fingerprint density at radius 2 is 2.09 bits per heavy atom. The molecule has 1 saturated carbocycles. The second-order valence-corrected chi connectivity index (χ2v) is 7.98. The molecule has 1 aliphatic heterocycles. The lowest BCUT2D eigenvalue weighted by Gasteiger charge is -2.52. The van der Waals surface area contributed by atoms with Crippen LogP contribution in [0.1, 0.15) is 53.4 Å². The average molecular weight is 305 g/mol. The highest BCUT2D eigenvalue weighted by Crippen LogP contribution is 2.57. The molecule has 0 N–H and O–H groups in total. The first-order chi connectivity index (χ1) is 10.3. The standard InChI is InChI=1S/C18H27NO3/c1-12-7-8-13-14(6-5-9-17(13,2)3)18(12,4)15(20)19-10-11-22-16(19)21/h8,12,14H,5-7,9-11H2,1-4H3/t12-,14+,18+/m0/s1. The molecule has 4 nitrogen and oxygen atoms in total. The molecule has 3 rings (SSSR count). The third-order valence-corrected chi connectivity index (χ3v) is 6.36. The predicted molar refractivity (Wildman–Crippen MR) is 84.2 cm³/mol. The number of hydrogen-bond donors (Lipinski definition) is 0. The fourth-order valence-electron chi connectivity index (χ4n) is 4.68. The average Bonchev–Trinajstić information content (AvgIpc) is 2.88. The topological polar surface area (TPSA) is 46.6 Å². The van der Waals surface area contributed by atoms with Gasteiger partial charge >= 0.3 is 6.09 Å². The van der Waals surface area contributed by atoms with Gasteiger partial charge in [0.05, 0.1) is 12.0 Å². The van der Waals surface area contributed by atoms with Gasteiger partial charge in [-0.25, -0.2) is 9.69 Å². The quantitative estimate of drug-likeness (QED) is 0.693. The maximum Gasteiger partial charge on any atom is 0.416 e. The first-order valence-corrected chi connectivity index (χ1v) is 8.47. The van der Waals surface area contributed by atoms with Crippen molar-refractivity contribution in [3.63, 3.8) is 0 Å². The summed E-state index contributed by atoms with van der Waals surface area (Å²) in [7, 11) is 0. The minimum Gasteiger partial charge on any atom is -0.447 e. The van der Waals surface area contributed by atoms with Gasteiger partial charge in [-0.3, -0.25) is 4.79 Å². The zero-order chi connectivity index (χ0) is 16.1. The number of ether oxygens (including phenoxy) is 1. The summed E-state index contributed by atoms with van der Waals surface area (Å²) in [5.74, 6) is 0.466. The molecule has 0 bridgehead atoms. The van der Waals surface area contributed by atoms with Crippen LogP contribution in [-0.2, 0) is 9.53 Å². The second-order valence-electron chi connectivity index (χ2n) is 7.98. The van der Waals surface area contributed by atoms with Gasteiger partial charge < -0.3 is 4.74 Å². The maximum atomic E-state index is 13.2. The highest BCUT2D eigenvalue weighted by Gasteiger charge is 2.54. The Balaban J connectivity index is 1.98. The molecule has 2 aliphatic carbocycles. The van der Waals surface area contributed by atoms with Crippen molar-refractivity contribution in [1.29, 1.82) is 0 Å². The van der Waals surface area contributed by atoms with Gasteiger partial charge in [-0.15, -0.1) is 0 Å². The first kappa shape index (κ1) is 15.6. The van der Waals surface area contributed by atoms with Crippen molar-refractivity contribution in [2.75, 3.05) is 13.2 Å². The number of carbonyl (C=O) groups is 2. The van der Waals surface area contributed by atoms with Crippen LogP contribution in [0.5, 0.6) is 0 Å². The fourth-order valence-corrected chi connectivity index (χ4v) is 4.68. The van der Waals surface area contributed by atoms with E-state index in [1.54, 1.807) is 0 Å². The Kier molecular flexibility index (Phi) is 3.61. The molecule has 1 heterocycles. The van der Waals surface area contributed by atoms with Crippen LogP contribution in [0.2, 0.25) is 0 Å². The lowest BCUT2D eigenvalue weighted by Crippen LogP contribution is -2.54. The summed E-state index contributed by atoms with van der Waals surface area (Å²) >= 11 is 0. The molecule has 2 fully saturated rings. The Bertz CT molecular complexity index is 536. The Morgan fingerprint density at radius 1 is 1.36 bits per heavy atom. The Hall–Kier alpha value is -1.32. The van der Waals surface area contributed by atoms with Crippen molar-refractivity contribution in [3.8, 4) is 0 Å². The van der Waals surface area contributed by atoms with E-state index in [4.69, 9.17) is 4.74 Å². The zero-order valence-electron chi connectivity index (χ0n) is 14.1. The Morgan fingerprint density at radius 3 is 2.73 bits per heavy atom. The van der Waals surface area contributed by atoms with Gasteiger partial charge in [0.15, 0.2) is 0 Å². The van der Waals surface area contributed by atoms with E-state index >= 15 is 0 Å². The zero-order valence-corrected chi connectivity index (χ0v) is 14.1. The number of cyclic esters (lactones) is 1. The van der Waals surface area contributed by atoms with Crippen molar-refractivity contribution in [2.24, 2.45) is 22.7 Å². The van der Waals surface area contributed by atoms with Crippen molar-refractivity contribution >= 4 is 12.0 Å². The van der Waals surface area contributed by atoms with Gasteiger partial charge in [0.2, 0.25) is 5.91 Å². The number of nitrogens with zero attached hydrogens (tertiary/aromatic N) is 1. The van der Waals surface area contributed by atoms with Gasteiger partial charge in [0.1, 0.15) is 6.61 Å². The summed E-state index contributed by atoms with van der Waals surface area (Å²) in [6, 6.07) is 0. The van der Waals surface area contributed by atoms with Crippen LogP contribution in [0.25, 0.3) is 0 Å². The van der Waals surface area contributed by atoms with Crippen molar-refractivity contribution < 1.29 is 14.3 Å². The number of imide groups is 1. The Labute approximate surface area is 132 Å². The summed E-state index contributed by atoms with van der Waals surface area (Å²) in [6.07, 6.45) is 6.19. The lowest BCUT2D eigenvalue weighted by molar-refractivity contribution is -0.145. The van der Waals surface area contributed by atoms with Crippen LogP contribution in [0.15, 0.2) is 11.6 Å². The van der Waals surface area contributed by atoms with Crippen LogP contribution in [-0.4, -0.2) is 30.1 Å². The molecule has 0 radical (unpaired) electrons. The minimum atomic E-state index is -0.495. The predicted octanol–water partition coefficient (Wildman–Crippen LogP) is 3.76. The fraction of sp³-hybridized carbons (Fsp3) is 0.778. The van der Waals surface area contributed by atoms with Gasteiger partial charge in [-0.1, -0.05) is 38.8 Å². The van der Waals surface area contributed by atoms with Crippen molar-refractivity contribution in [2.45, 2.75) is 53.4 Å². The van der Waals surface area contributed by atoms with E-state index in [1.165, 1.54) is 16.9 Å².